The number of carbonyl (C=O) groups excluding carboxylic acids is 1. The second kappa shape index (κ2) is 6.18. The van der Waals surface area contributed by atoms with Crippen LogP contribution < -0.4 is 5.32 Å². The minimum atomic E-state index is -0.419. The number of aromatic amines is 2. The lowest BCUT2D eigenvalue weighted by atomic mass is 10.1. The largest absolute Gasteiger partial charge is 0.348 e. The first-order valence-corrected chi connectivity index (χ1v) is 8.29. The van der Waals surface area contributed by atoms with Crippen molar-refractivity contribution in [1.29, 1.82) is 0 Å². The summed E-state index contributed by atoms with van der Waals surface area (Å²) in [4.78, 5) is 15.3. The number of nitrogens with one attached hydrogen (secondary N) is 3. The van der Waals surface area contributed by atoms with Crippen LogP contribution in [0.15, 0.2) is 59.2 Å². The quantitative estimate of drug-likeness (QED) is 0.467. The number of H-pyrrole nitrogens is 2. The maximum absolute atomic E-state index is 14.1. The maximum Gasteiger partial charge on any atom is 0.272 e. The van der Waals surface area contributed by atoms with Crippen LogP contribution in [0, 0.1) is 5.82 Å². The molecule has 2 aromatic carbocycles. The maximum atomic E-state index is 14.1. The van der Waals surface area contributed by atoms with Crippen molar-refractivity contribution in [3.8, 4) is 11.3 Å². The topological polar surface area (TPSA) is 73.6 Å². The Balaban J connectivity index is 1.62. The minimum absolute atomic E-state index is 0.291. The van der Waals surface area contributed by atoms with E-state index in [9.17, 15) is 9.18 Å². The van der Waals surface area contributed by atoms with Crippen molar-refractivity contribution in [2.24, 2.45) is 0 Å². The third-order valence-corrected chi connectivity index (χ3v) is 4.48. The molecule has 5 nitrogen and oxygen atoms in total. The zero-order valence-corrected chi connectivity index (χ0v) is 14.4. The van der Waals surface area contributed by atoms with Gasteiger partial charge < -0.3 is 10.3 Å². The van der Waals surface area contributed by atoms with Gasteiger partial charge in [-0.1, -0.05) is 18.2 Å². The van der Waals surface area contributed by atoms with Crippen LogP contribution in [0.2, 0.25) is 0 Å². The molecule has 0 aliphatic heterocycles. The van der Waals surface area contributed by atoms with Gasteiger partial charge in [0.05, 0.1) is 15.7 Å². The predicted octanol–water partition coefficient (Wildman–Crippen LogP) is 4.71. The molecule has 1 amide bonds. The molecule has 0 unspecified atom stereocenters. The summed E-state index contributed by atoms with van der Waals surface area (Å²) in [6, 6.07) is 14.2. The molecule has 0 saturated heterocycles. The van der Waals surface area contributed by atoms with Crippen LogP contribution >= 0.6 is 15.9 Å². The summed E-state index contributed by atoms with van der Waals surface area (Å²) in [5.74, 6) is -0.758. The van der Waals surface area contributed by atoms with Gasteiger partial charge in [-0.05, 0) is 46.3 Å². The zero-order chi connectivity index (χ0) is 17.4. The number of amides is 1. The van der Waals surface area contributed by atoms with Crippen molar-refractivity contribution in [1.82, 2.24) is 15.2 Å². The summed E-state index contributed by atoms with van der Waals surface area (Å²) in [6.07, 6.45) is 1.66. The number of benzene rings is 2. The molecule has 0 bridgehead atoms. The van der Waals surface area contributed by atoms with Gasteiger partial charge in [-0.2, -0.15) is 5.10 Å². The van der Waals surface area contributed by atoms with Gasteiger partial charge in [0.15, 0.2) is 5.82 Å². The highest BCUT2D eigenvalue weighted by Gasteiger charge is 2.14. The van der Waals surface area contributed by atoms with Gasteiger partial charge in [0, 0.05) is 22.8 Å². The zero-order valence-electron chi connectivity index (χ0n) is 12.8. The Labute approximate surface area is 150 Å². The van der Waals surface area contributed by atoms with Crippen LogP contribution in [-0.2, 0) is 0 Å². The number of hydrogen-bond acceptors (Lipinski definition) is 2. The van der Waals surface area contributed by atoms with E-state index in [1.165, 1.54) is 0 Å². The monoisotopic (exact) mass is 398 g/mol. The number of rotatable bonds is 3. The van der Waals surface area contributed by atoms with Gasteiger partial charge in [-0.15, -0.1) is 0 Å². The first-order chi connectivity index (χ1) is 12.1. The lowest BCUT2D eigenvalue weighted by Crippen LogP contribution is -2.12. The minimum Gasteiger partial charge on any atom is -0.348 e. The third kappa shape index (κ3) is 2.94. The molecule has 7 heteroatoms. The molecule has 0 spiro atoms. The van der Waals surface area contributed by atoms with Gasteiger partial charge >= 0.3 is 0 Å². The number of halogens is 2. The van der Waals surface area contributed by atoms with Crippen molar-refractivity contribution >= 4 is 38.4 Å². The molecule has 2 heterocycles. The molecular weight excluding hydrogens is 387 g/mol. The summed E-state index contributed by atoms with van der Waals surface area (Å²) in [6.45, 7) is 0. The third-order valence-electron chi connectivity index (χ3n) is 3.86. The fraction of sp³-hybridized carbons (Fsp3) is 0. The fourth-order valence-corrected chi connectivity index (χ4v) is 2.97. The molecule has 0 aliphatic carbocycles. The summed E-state index contributed by atoms with van der Waals surface area (Å²) in [5, 5.41) is 10.3. The molecule has 0 fully saturated rings. The van der Waals surface area contributed by atoms with Crippen LogP contribution in [0.3, 0.4) is 0 Å². The fourth-order valence-electron chi connectivity index (χ4n) is 2.64. The molecule has 124 valence electrons. The number of aromatic nitrogens is 3. The standard InChI is InChI=1S/C18H12BrFN4O/c19-13-5-4-11-9-15(23-17(11)16(13)20)18(25)22-12-3-1-2-10(8-12)14-6-7-21-24-14/h1-9,23H,(H,21,24)(H,22,25). The molecule has 3 N–H and O–H groups in total. The van der Waals surface area contributed by atoms with E-state index in [4.69, 9.17) is 0 Å². The van der Waals surface area contributed by atoms with Crippen molar-refractivity contribution in [3.63, 3.8) is 0 Å². The van der Waals surface area contributed by atoms with E-state index in [-0.39, 0.29) is 5.91 Å². The second-order valence-corrected chi connectivity index (χ2v) is 6.37. The number of carbonyl (C=O) groups is 1. The van der Waals surface area contributed by atoms with Crippen molar-refractivity contribution in [2.75, 3.05) is 5.32 Å². The van der Waals surface area contributed by atoms with E-state index in [0.29, 0.717) is 26.8 Å². The Bertz CT molecular complexity index is 1070. The predicted molar refractivity (Wildman–Crippen MR) is 97.9 cm³/mol. The molecule has 4 rings (SSSR count). The summed E-state index contributed by atoms with van der Waals surface area (Å²) < 4.78 is 14.4. The molecule has 0 atom stereocenters. The molecule has 0 aliphatic rings. The molecule has 4 aromatic rings. The van der Waals surface area contributed by atoms with Gasteiger partial charge in [-0.25, -0.2) is 4.39 Å². The highest BCUT2D eigenvalue weighted by atomic mass is 79.9. The van der Waals surface area contributed by atoms with Gasteiger partial charge in [0.2, 0.25) is 0 Å². The SMILES string of the molecule is O=C(Nc1cccc(-c2ccn[nH]2)c1)c1cc2ccc(Br)c(F)c2[nH]1. The van der Waals surface area contributed by atoms with Gasteiger partial charge in [-0.3, -0.25) is 9.89 Å². The highest BCUT2D eigenvalue weighted by Crippen LogP contribution is 2.26. The van der Waals surface area contributed by atoms with E-state index in [2.05, 4.69) is 36.4 Å². The van der Waals surface area contributed by atoms with Crippen LogP contribution in [0.25, 0.3) is 22.2 Å². The number of nitrogens with zero attached hydrogens (tertiary/aromatic N) is 1. The Morgan fingerprint density at radius 1 is 1.16 bits per heavy atom. The average Bonchev–Trinajstić information content (AvgIpc) is 3.28. The summed E-state index contributed by atoms with van der Waals surface area (Å²) in [7, 11) is 0. The van der Waals surface area contributed by atoms with Crippen LogP contribution in [0.1, 0.15) is 10.5 Å². The van der Waals surface area contributed by atoms with Crippen LogP contribution in [0.5, 0.6) is 0 Å². The van der Waals surface area contributed by atoms with Crippen LogP contribution in [-0.4, -0.2) is 21.1 Å². The Morgan fingerprint density at radius 3 is 2.84 bits per heavy atom. The lowest BCUT2D eigenvalue weighted by molar-refractivity contribution is 0.102. The smallest absolute Gasteiger partial charge is 0.272 e. The molecule has 0 radical (unpaired) electrons. The average molecular weight is 399 g/mol. The first-order valence-electron chi connectivity index (χ1n) is 7.50. The van der Waals surface area contributed by atoms with Crippen LogP contribution in [0.4, 0.5) is 10.1 Å². The molecule has 2 aromatic heterocycles. The molecule has 25 heavy (non-hydrogen) atoms. The first kappa shape index (κ1) is 15.6. The Hall–Kier alpha value is -2.93. The van der Waals surface area contributed by atoms with Crippen molar-refractivity contribution in [2.45, 2.75) is 0 Å². The van der Waals surface area contributed by atoms with Gasteiger partial charge in [0.1, 0.15) is 5.69 Å². The van der Waals surface area contributed by atoms with E-state index in [1.807, 2.05) is 24.3 Å². The number of anilines is 1. The lowest BCUT2D eigenvalue weighted by Gasteiger charge is -2.05. The van der Waals surface area contributed by atoms with E-state index < -0.39 is 5.82 Å². The van der Waals surface area contributed by atoms with E-state index >= 15 is 0 Å². The second-order valence-electron chi connectivity index (χ2n) is 5.51. The van der Waals surface area contributed by atoms with E-state index in [1.54, 1.807) is 30.5 Å². The molecular formula is C18H12BrFN4O. The summed E-state index contributed by atoms with van der Waals surface area (Å²) >= 11 is 3.14. The van der Waals surface area contributed by atoms with Crippen molar-refractivity contribution in [3.05, 3.63) is 70.7 Å². The summed E-state index contributed by atoms with van der Waals surface area (Å²) in [5.41, 5.74) is 2.98. The number of hydrogen-bond donors (Lipinski definition) is 3. The van der Waals surface area contributed by atoms with Gasteiger partial charge in [0.25, 0.3) is 5.91 Å². The van der Waals surface area contributed by atoms with E-state index in [0.717, 1.165) is 11.3 Å². The Morgan fingerprint density at radius 2 is 2.04 bits per heavy atom. The van der Waals surface area contributed by atoms with Crippen molar-refractivity contribution < 1.29 is 9.18 Å². The Kier molecular flexibility index (Phi) is 3.85. The number of fused-ring (bicyclic) bond motifs is 1. The molecule has 0 saturated carbocycles. The highest BCUT2D eigenvalue weighted by molar-refractivity contribution is 9.10. The normalized spacial score (nSPS) is 11.0.